The molecule has 1 aromatic carbocycles. The molecule has 1 unspecified atom stereocenters. The first-order chi connectivity index (χ1) is 9.08. The summed E-state index contributed by atoms with van der Waals surface area (Å²) >= 11 is 11.0. The van der Waals surface area contributed by atoms with Crippen LogP contribution in [0.3, 0.4) is 0 Å². The summed E-state index contributed by atoms with van der Waals surface area (Å²) in [5.74, 6) is 0. The van der Waals surface area contributed by atoms with E-state index in [0.717, 1.165) is 30.6 Å². The molecule has 0 saturated heterocycles. The molecule has 3 nitrogen and oxygen atoms in total. The minimum atomic E-state index is 0.114. The van der Waals surface area contributed by atoms with Crippen LogP contribution in [0, 0.1) is 0 Å². The number of nitrogens with zero attached hydrogens (tertiary/aromatic N) is 2. The van der Waals surface area contributed by atoms with Crippen LogP contribution in [0.1, 0.15) is 12.5 Å². The topological polar surface area (TPSA) is 51.8 Å². The van der Waals surface area contributed by atoms with Gasteiger partial charge < -0.3 is 5.73 Å². The lowest BCUT2D eigenvalue weighted by atomic mass is 10.1. The molecule has 0 radical (unpaired) electrons. The monoisotopic (exact) mass is 331 g/mol. The van der Waals surface area contributed by atoms with Crippen molar-refractivity contribution >= 4 is 46.5 Å². The third-order valence-electron chi connectivity index (χ3n) is 2.33. The van der Waals surface area contributed by atoms with Crippen LogP contribution in [-0.4, -0.2) is 22.5 Å². The molecule has 0 aliphatic carbocycles. The van der Waals surface area contributed by atoms with Gasteiger partial charge in [0.25, 0.3) is 0 Å². The van der Waals surface area contributed by atoms with Crippen molar-refractivity contribution in [2.45, 2.75) is 33.0 Å². The molecule has 0 bridgehead atoms. The van der Waals surface area contributed by atoms with Gasteiger partial charge >= 0.3 is 0 Å². The molecule has 0 aliphatic heterocycles. The lowest BCUT2D eigenvalue weighted by Gasteiger charge is -2.08. The molecule has 2 N–H and O–H groups in total. The highest BCUT2D eigenvalue weighted by atomic mass is 35.5. The number of benzene rings is 1. The Morgan fingerprint density at radius 3 is 2.68 bits per heavy atom. The maximum atomic E-state index is 6.27. The zero-order valence-corrected chi connectivity index (χ0v) is 13.8. The van der Waals surface area contributed by atoms with Gasteiger partial charge in [0, 0.05) is 16.0 Å². The molecule has 0 saturated carbocycles. The Morgan fingerprint density at radius 1 is 1.37 bits per heavy atom. The molecule has 1 heterocycles. The highest BCUT2D eigenvalue weighted by Crippen LogP contribution is 2.34. The van der Waals surface area contributed by atoms with Gasteiger partial charge in [-0.2, -0.15) is 0 Å². The normalized spacial score (nSPS) is 12.6. The lowest BCUT2D eigenvalue weighted by Crippen LogP contribution is -2.17. The number of hydrogen-bond donors (Lipinski definition) is 1. The molecule has 7 heteroatoms. The van der Waals surface area contributed by atoms with E-state index in [2.05, 4.69) is 16.3 Å². The van der Waals surface area contributed by atoms with E-state index in [1.807, 2.05) is 25.3 Å². The fourth-order valence-electron chi connectivity index (χ4n) is 1.53. The minimum absolute atomic E-state index is 0.114. The Hall–Kier alpha value is -0.270. The van der Waals surface area contributed by atoms with E-state index in [1.54, 1.807) is 34.9 Å². The van der Waals surface area contributed by atoms with Crippen LogP contribution in [-0.2, 0) is 6.42 Å². The zero-order chi connectivity index (χ0) is 13.8. The Balaban J connectivity index is 2.11. The lowest BCUT2D eigenvalue weighted by molar-refractivity contribution is 0.738. The van der Waals surface area contributed by atoms with Gasteiger partial charge in [-0.05, 0) is 37.3 Å². The second-order valence-electron chi connectivity index (χ2n) is 4.07. The van der Waals surface area contributed by atoms with Crippen LogP contribution >= 0.6 is 46.5 Å². The van der Waals surface area contributed by atoms with Crippen LogP contribution in [0.25, 0.3) is 0 Å². The van der Waals surface area contributed by atoms with Gasteiger partial charge in [0.05, 0.1) is 0 Å². The standard InChI is InChI=1S/C12H14ClN3S3/c1-7(14)5-8-3-4-9(6-10(8)13)18-12-16-15-11(17-2)19-12/h3-4,6-7H,5,14H2,1-2H3. The van der Waals surface area contributed by atoms with E-state index in [1.165, 1.54) is 0 Å². The Morgan fingerprint density at radius 2 is 2.11 bits per heavy atom. The van der Waals surface area contributed by atoms with Gasteiger partial charge in [0.2, 0.25) is 0 Å². The number of hydrogen-bond acceptors (Lipinski definition) is 6. The second-order valence-corrected chi connectivity index (χ2v) is 7.83. The third kappa shape index (κ3) is 4.36. The molecule has 2 rings (SSSR count). The summed E-state index contributed by atoms with van der Waals surface area (Å²) in [6.07, 6.45) is 2.79. The van der Waals surface area contributed by atoms with E-state index in [4.69, 9.17) is 17.3 Å². The van der Waals surface area contributed by atoms with Gasteiger partial charge in [0.1, 0.15) is 0 Å². The van der Waals surface area contributed by atoms with Crippen LogP contribution in [0.2, 0.25) is 5.02 Å². The Kier molecular flexibility index (Phi) is 5.53. The van der Waals surface area contributed by atoms with E-state index < -0.39 is 0 Å². The van der Waals surface area contributed by atoms with Crippen LogP contribution in [0.15, 0.2) is 31.8 Å². The van der Waals surface area contributed by atoms with Gasteiger partial charge in [-0.25, -0.2) is 0 Å². The fourth-order valence-corrected chi connectivity index (χ4v) is 4.30. The van der Waals surface area contributed by atoms with Gasteiger partial charge in [0.15, 0.2) is 8.68 Å². The number of rotatable bonds is 5. The summed E-state index contributed by atoms with van der Waals surface area (Å²) < 4.78 is 1.91. The predicted octanol–water partition coefficient (Wildman–Crippen LogP) is 3.95. The highest BCUT2D eigenvalue weighted by molar-refractivity contribution is 8.03. The summed E-state index contributed by atoms with van der Waals surface area (Å²) in [6, 6.07) is 6.16. The molecule has 1 atom stereocenters. The van der Waals surface area contributed by atoms with Crippen molar-refractivity contribution in [2.24, 2.45) is 5.73 Å². The van der Waals surface area contributed by atoms with E-state index in [-0.39, 0.29) is 6.04 Å². The van der Waals surface area contributed by atoms with Crippen molar-refractivity contribution in [2.75, 3.05) is 6.26 Å². The molecule has 102 valence electrons. The van der Waals surface area contributed by atoms with Gasteiger partial charge in [-0.15, -0.1) is 10.2 Å². The van der Waals surface area contributed by atoms with Crippen molar-refractivity contribution in [3.63, 3.8) is 0 Å². The van der Waals surface area contributed by atoms with E-state index >= 15 is 0 Å². The number of thioether (sulfide) groups is 1. The molecular formula is C12H14ClN3S3. The molecule has 0 aliphatic rings. The summed E-state index contributed by atoms with van der Waals surface area (Å²) in [6.45, 7) is 1.98. The summed E-state index contributed by atoms with van der Waals surface area (Å²) in [4.78, 5) is 1.07. The SMILES string of the molecule is CSc1nnc(Sc2ccc(CC(C)N)c(Cl)c2)s1. The van der Waals surface area contributed by atoms with Crippen LogP contribution in [0.5, 0.6) is 0 Å². The van der Waals surface area contributed by atoms with Gasteiger partial charge in [-0.3, -0.25) is 0 Å². The van der Waals surface area contributed by atoms with Crippen LogP contribution in [0.4, 0.5) is 0 Å². The molecule has 0 fully saturated rings. The zero-order valence-electron chi connectivity index (χ0n) is 10.6. The maximum absolute atomic E-state index is 6.27. The van der Waals surface area contributed by atoms with Crippen molar-refractivity contribution in [1.29, 1.82) is 0 Å². The molecule has 0 spiro atoms. The maximum Gasteiger partial charge on any atom is 0.179 e. The molecule has 19 heavy (non-hydrogen) atoms. The first-order valence-electron chi connectivity index (χ1n) is 5.68. The summed E-state index contributed by atoms with van der Waals surface area (Å²) in [7, 11) is 0. The summed E-state index contributed by atoms with van der Waals surface area (Å²) in [5, 5.41) is 8.96. The van der Waals surface area contributed by atoms with E-state index in [9.17, 15) is 0 Å². The highest BCUT2D eigenvalue weighted by Gasteiger charge is 2.08. The number of nitrogens with two attached hydrogens (primary N) is 1. The number of aromatic nitrogens is 2. The third-order valence-corrected chi connectivity index (χ3v) is 5.63. The van der Waals surface area contributed by atoms with Crippen molar-refractivity contribution < 1.29 is 0 Å². The quantitative estimate of drug-likeness (QED) is 0.840. The fraction of sp³-hybridized carbons (Fsp3) is 0.333. The molecule has 1 aromatic heterocycles. The van der Waals surface area contributed by atoms with Gasteiger partial charge in [-0.1, -0.05) is 52.5 Å². The average Bonchev–Trinajstić information content (AvgIpc) is 2.80. The Labute approximate surface area is 130 Å². The van der Waals surface area contributed by atoms with Crippen molar-refractivity contribution in [1.82, 2.24) is 10.2 Å². The largest absolute Gasteiger partial charge is 0.328 e. The molecular weight excluding hydrogens is 318 g/mol. The first-order valence-corrected chi connectivity index (χ1v) is 8.91. The molecule has 2 aromatic rings. The van der Waals surface area contributed by atoms with Crippen molar-refractivity contribution in [3.05, 3.63) is 28.8 Å². The average molecular weight is 332 g/mol. The minimum Gasteiger partial charge on any atom is -0.328 e. The van der Waals surface area contributed by atoms with Crippen molar-refractivity contribution in [3.8, 4) is 0 Å². The first kappa shape index (κ1) is 15.1. The predicted molar refractivity (Wildman–Crippen MR) is 84.6 cm³/mol. The second kappa shape index (κ2) is 6.95. The Bertz CT molecular complexity index is 557. The summed E-state index contributed by atoms with van der Waals surface area (Å²) in [5.41, 5.74) is 6.88. The van der Waals surface area contributed by atoms with E-state index in [0.29, 0.717) is 0 Å². The smallest absolute Gasteiger partial charge is 0.179 e. The molecule has 0 amide bonds. The van der Waals surface area contributed by atoms with Crippen LogP contribution < -0.4 is 5.73 Å². The number of halogens is 1.